The number of nitrogens with zero attached hydrogens (tertiary/aromatic N) is 3. The first kappa shape index (κ1) is 11.8. The van der Waals surface area contributed by atoms with Crippen LogP contribution in [-0.4, -0.2) is 19.7 Å². The van der Waals surface area contributed by atoms with E-state index in [0.717, 1.165) is 18.9 Å². The first-order valence-corrected chi connectivity index (χ1v) is 6.47. The fourth-order valence-corrected chi connectivity index (χ4v) is 2.32. The molecule has 0 atom stereocenters. The second-order valence-corrected chi connectivity index (χ2v) is 4.56. The van der Waals surface area contributed by atoms with Gasteiger partial charge in [-0.05, 0) is 25.5 Å². The minimum Gasteiger partial charge on any atom is -0.349 e. The zero-order valence-electron chi connectivity index (χ0n) is 11.1. The lowest BCUT2D eigenvalue weighted by Gasteiger charge is -1.99. The van der Waals surface area contributed by atoms with Crippen LogP contribution in [0.25, 0.3) is 10.9 Å². The SMILES string of the molecule is CCn1cc(CNc2n[nH]c(C)n2)c2ccccc21. The lowest BCUT2D eigenvalue weighted by molar-refractivity contribution is 0.793. The van der Waals surface area contributed by atoms with Crippen molar-refractivity contribution in [2.75, 3.05) is 5.32 Å². The average molecular weight is 255 g/mol. The molecule has 2 N–H and O–H groups in total. The Morgan fingerprint density at radius 1 is 1.32 bits per heavy atom. The molecule has 0 spiro atoms. The molecular weight excluding hydrogens is 238 g/mol. The highest BCUT2D eigenvalue weighted by Crippen LogP contribution is 2.21. The molecule has 3 rings (SSSR count). The molecule has 2 aromatic heterocycles. The van der Waals surface area contributed by atoms with E-state index in [1.807, 2.05) is 6.92 Å². The normalized spacial score (nSPS) is 11.1. The standard InChI is InChI=1S/C14H17N5/c1-3-19-9-11(12-6-4-5-7-13(12)19)8-15-14-16-10(2)17-18-14/h4-7,9H,3,8H2,1-2H3,(H2,15,16,17,18). The van der Waals surface area contributed by atoms with E-state index in [1.54, 1.807) is 0 Å². The number of nitrogens with one attached hydrogen (secondary N) is 2. The molecule has 19 heavy (non-hydrogen) atoms. The van der Waals surface area contributed by atoms with Crippen molar-refractivity contribution in [3.05, 3.63) is 41.9 Å². The molecule has 3 aromatic rings. The molecule has 0 saturated carbocycles. The molecule has 0 radical (unpaired) electrons. The second-order valence-electron chi connectivity index (χ2n) is 4.56. The second kappa shape index (κ2) is 4.76. The van der Waals surface area contributed by atoms with Crippen LogP contribution in [0, 0.1) is 6.92 Å². The van der Waals surface area contributed by atoms with Crippen LogP contribution in [0.2, 0.25) is 0 Å². The van der Waals surface area contributed by atoms with Gasteiger partial charge in [-0.25, -0.2) is 0 Å². The smallest absolute Gasteiger partial charge is 0.242 e. The minimum atomic E-state index is 0.644. The van der Waals surface area contributed by atoms with Gasteiger partial charge >= 0.3 is 0 Å². The van der Waals surface area contributed by atoms with Gasteiger partial charge in [0.25, 0.3) is 0 Å². The van der Waals surface area contributed by atoms with Crippen molar-refractivity contribution in [1.29, 1.82) is 0 Å². The van der Waals surface area contributed by atoms with Crippen LogP contribution in [0.5, 0.6) is 0 Å². The monoisotopic (exact) mass is 255 g/mol. The molecule has 0 amide bonds. The molecule has 0 saturated heterocycles. The number of aromatic nitrogens is 4. The van der Waals surface area contributed by atoms with Gasteiger partial charge in [0.05, 0.1) is 0 Å². The highest BCUT2D eigenvalue weighted by Gasteiger charge is 2.07. The maximum atomic E-state index is 4.25. The summed E-state index contributed by atoms with van der Waals surface area (Å²) in [5.41, 5.74) is 2.54. The summed E-state index contributed by atoms with van der Waals surface area (Å²) < 4.78 is 2.26. The van der Waals surface area contributed by atoms with E-state index in [-0.39, 0.29) is 0 Å². The van der Waals surface area contributed by atoms with Crippen molar-refractivity contribution < 1.29 is 0 Å². The summed E-state index contributed by atoms with van der Waals surface area (Å²) >= 11 is 0. The van der Waals surface area contributed by atoms with Gasteiger partial charge in [-0.15, -0.1) is 5.10 Å². The number of hydrogen-bond donors (Lipinski definition) is 2. The number of H-pyrrole nitrogens is 1. The summed E-state index contributed by atoms with van der Waals surface area (Å²) in [6, 6.07) is 8.45. The van der Waals surface area contributed by atoms with E-state index in [1.165, 1.54) is 16.5 Å². The lowest BCUT2D eigenvalue weighted by Crippen LogP contribution is -2.00. The topological polar surface area (TPSA) is 58.5 Å². The van der Waals surface area contributed by atoms with Crippen LogP contribution >= 0.6 is 0 Å². The third-order valence-electron chi connectivity index (χ3n) is 3.25. The van der Waals surface area contributed by atoms with Gasteiger partial charge in [-0.3, -0.25) is 5.10 Å². The largest absolute Gasteiger partial charge is 0.349 e. The summed E-state index contributed by atoms with van der Waals surface area (Å²) in [6.07, 6.45) is 2.19. The van der Waals surface area contributed by atoms with Crippen molar-refractivity contribution in [2.24, 2.45) is 0 Å². The fourth-order valence-electron chi connectivity index (χ4n) is 2.32. The van der Waals surface area contributed by atoms with Crippen LogP contribution in [0.3, 0.4) is 0 Å². The van der Waals surface area contributed by atoms with Crippen molar-refractivity contribution in [3.8, 4) is 0 Å². The molecule has 2 heterocycles. The van der Waals surface area contributed by atoms with E-state index in [9.17, 15) is 0 Å². The summed E-state index contributed by atoms with van der Waals surface area (Å²) in [5.74, 6) is 1.46. The number of hydrogen-bond acceptors (Lipinski definition) is 3. The van der Waals surface area contributed by atoms with Crippen LogP contribution in [0.1, 0.15) is 18.3 Å². The highest BCUT2D eigenvalue weighted by molar-refractivity contribution is 5.84. The molecule has 1 aromatic carbocycles. The third-order valence-corrected chi connectivity index (χ3v) is 3.25. The number of anilines is 1. The Morgan fingerprint density at radius 3 is 2.89 bits per heavy atom. The number of para-hydroxylation sites is 1. The fraction of sp³-hybridized carbons (Fsp3) is 0.286. The van der Waals surface area contributed by atoms with Gasteiger partial charge in [-0.1, -0.05) is 18.2 Å². The quantitative estimate of drug-likeness (QED) is 0.753. The van der Waals surface area contributed by atoms with E-state index in [0.29, 0.717) is 5.95 Å². The van der Waals surface area contributed by atoms with Gasteiger partial charge in [0.2, 0.25) is 5.95 Å². The number of benzene rings is 1. The van der Waals surface area contributed by atoms with Gasteiger partial charge in [0, 0.05) is 30.2 Å². The van der Waals surface area contributed by atoms with Crippen LogP contribution in [-0.2, 0) is 13.1 Å². The third kappa shape index (κ3) is 2.19. The maximum absolute atomic E-state index is 4.25. The summed E-state index contributed by atoms with van der Waals surface area (Å²) in [4.78, 5) is 4.25. The number of aromatic amines is 1. The van der Waals surface area contributed by atoms with Gasteiger partial charge in [0.1, 0.15) is 5.82 Å². The number of fused-ring (bicyclic) bond motifs is 1. The first-order valence-electron chi connectivity index (χ1n) is 6.47. The number of rotatable bonds is 4. The van der Waals surface area contributed by atoms with Crippen molar-refractivity contribution in [3.63, 3.8) is 0 Å². The molecule has 0 aliphatic carbocycles. The average Bonchev–Trinajstić information content (AvgIpc) is 3.00. The maximum Gasteiger partial charge on any atom is 0.242 e. The zero-order valence-corrected chi connectivity index (χ0v) is 11.1. The van der Waals surface area contributed by atoms with Crippen LogP contribution in [0.15, 0.2) is 30.5 Å². The number of aryl methyl sites for hydroxylation is 2. The lowest BCUT2D eigenvalue weighted by atomic mass is 10.2. The molecule has 0 bridgehead atoms. The Kier molecular flexibility index (Phi) is 2.95. The van der Waals surface area contributed by atoms with Gasteiger partial charge in [-0.2, -0.15) is 4.98 Å². The molecule has 5 nitrogen and oxygen atoms in total. The molecule has 0 aliphatic rings. The Balaban J connectivity index is 1.88. The molecule has 0 aliphatic heterocycles. The van der Waals surface area contributed by atoms with Crippen molar-refractivity contribution >= 4 is 16.9 Å². The Morgan fingerprint density at radius 2 is 2.16 bits per heavy atom. The van der Waals surface area contributed by atoms with E-state index >= 15 is 0 Å². The predicted molar refractivity (Wildman–Crippen MR) is 76.1 cm³/mol. The molecule has 0 unspecified atom stereocenters. The summed E-state index contributed by atoms with van der Waals surface area (Å²) in [7, 11) is 0. The van der Waals surface area contributed by atoms with E-state index in [4.69, 9.17) is 0 Å². The van der Waals surface area contributed by atoms with Crippen molar-refractivity contribution in [1.82, 2.24) is 19.7 Å². The van der Waals surface area contributed by atoms with Gasteiger partial charge in [0.15, 0.2) is 0 Å². The Bertz CT molecular complexity index is 695. The highest BCUT2D eigenvalue weighted by atomic mass is 15.3. The Hall–Kier alpha value is -2.30. The molecule has 5 heteroatoms. The molecule has 0 fully saturated rings. The van der Waals surface area contributed by atoms with E-state index in [2.05, 4.69) is 62.5 Å². The van der Waals surface area contributed by atoms with E-state index < -0.39 is 0 Å². The van der Waals surface area contributed by atoms with Crippen molar-refractivity contribution in [2.45, 2.75) is 26.9 Å². The minimum absolute atomic E-state index is 0.644. The zero-order chi connectivity index (χ0) is 13.2. The van der Waals surface area contributed by atoms with Gasteiger partial charge < -0.3 is 9.88 Å². The summed E-state index contributed by atoms with van der Waals surface area (Å²) in [6.45, 7) is 5.74. The molecular formula is C14H17N5. The first-order chi connectivity index (χ1) is 9.28. The Labute approximate surface area is 111 Å². The summed E-state index contributed by atoms with van der Waals surface area (Å²) in [5, 5.41) is 11.4. The van der Waals surface area contributed by atoms with Crippen LogP contribution in [0.4, 0.5) is 5.95 Å². The van der Waals surface area contributed by atoms with Crippen LogP contribution < -0.4 is 5.32 Å². The molecule has 98 valence electrons. The predicted octanol–water partition coefficient (Wildman–Crippen LogP) is 2.70.